The number of aromatic nitrogens is 3. The van der Waals surface area contributed by atoms with Gasteiger partial charge in [0, 0.05) is 11.6 Å². The first-order valence-corrected chi connectivity index (χ1v) is 13.5. The van der Waals surface area contributed by atoms with E-state index in [1.54, 1.807) is 6.21 Å². The van der Waals surface area contributed by atoms with Gasteiger partial charge in [0.1, 0.15) is 18.1 Å². The molecule has 6 heteroatoms. The van der Waals surface area contributed by atoms with Gasteiger partial charge in [0.15, 0.2) is 0 Å². The van der Waals surface area contributed by atoms with Gasteiger partial charge < -0.3 is 9.94 Å². The molecule has 3 aromatic rings. The molecule has 1 N–H and O–H groups in total. The number of rotatable bonds is 9. The van der Waals surface area contributed by atoms with Crippen LogP contribution in [0.4, 0.5) is 0 Å². The van der Waals surface area contributed by atoms with Crippen LogP contribution >= 0.6 is 0 Å². The molecule has 6 nitrogen and oxygen atoms in total. The maximum Gasteiger partial charge on any atom is 0.134 e. The Morgan fingerprint density at radius 3 is 2.76 bits per heavy atom. The van der Waals surface area contributed by atoms with E-state index in [0.29, 0.717) is 30.9 Å². The van der Waals surface area contributed by atoms with E-state index in [9.17, 15) is 5.21 Å². The molecular formula is C31H38N4O2. The summed E-state index contributed by atoms with van der Waals surface area (Å²) in [6.45, 7) is 9.42. The van der Waals surface area contributed by atoms with Gasteiger partial charge in [0.25, 0.3) is 0 Å². The summed E-state index contributed by atoms with van der Waals surface area (Å²) in [5.41, 5.74) is 6.15. The third-order valence-electron chi connectivity index (χ3n) is 8.65. The lowest BCUT2D eigenvalue weighted by Gasteiger charge is -2.50. The Labute approximate surface area is 220 Å². The summed E-state index contributed by atoms with van der Waals surface area (Å²) in [6, 6.07) is 15.1. The first-order chi connectivity index (χ1) is 18.0. The van der Waals surface area contributed by atoms with Crippen LogP contribution in [-0.4, -0.2) is 26.4 Å². The van der Waals surface area contributed by atoms with Crippen LogP contribution < -0.4 is 4.74 Å². The van der Waals surface area contributed by atoms with Gasteiger partial charge in [-0.3, -0.25) is 0 Å². The van der Waals surface area contributed by atoms with Crippen LogP contribution in [0.5, 0.6) is 5.75 Å². The highest BCUT2D eigenvalue weighted by atomic mass is 16.5. The van der Waals surface area contributed by atoms with Crippen LogP contribution in [-0.2, 0) is 26.0 Å². The van der Waals surface area contributed by atoms with Gasteiger partial charge in [-0.25, -0.2) is 4.68 Å². The lowest BCUT2D eigenvalue weighted by molar-refractivity contribution is 0.0808. The van der Waals surface area contributed by atoms with E-state index in [4.69, 9.17) is 4.74 Å². The van der Waals surface area contributed by atoms with Crippen LogP contribution in [0.3, 0.4) is 0 Å². The molecule has 0 spiro atoms. The maximum atomic E-state index is 9.25. The van der Waals surface area contributed by atoms with Crippen molar-refractivity contribution in [2.45, 2.75) is 71.4 Å². The van der Waals surface area contributed by atoms with Crippen molar-refractivity contribution in [1.29, 1.82) is 0 Å². The van der Waals surface area contributed by atoms with Crippen LogP contribution in [0.25, 0.3) is 0 Å². The van der Waals surface area contributed by atoms with E-state index in [1.165, 1.54) is 28.7 Å². The predicted octanol–water partition coefficient (Wildman–Crippen LogP) is 6.57. The van der Waals surface area contributed by atoms with Crippen molar-refractivity contribution in [2.75, 3.05) is 0 Å². The Balaban J connectivity index is 1.21. The van der Waals surface area contributed by atoms with E-state index in [-0.39, 0.29) is 5.41 Å². The first-order valence-electron chi connectivity index (χ1n) is 13.5. The van der Waals surface area contributed by atoms with Crippen molar-refractivity contribution in [1.82, 2.24) is 15.0 Å². The van der Waals surface area contributed by atoms with Crippen molar-refractivity contribution >= 4 is 6.21 Å². The van der Waals surface area contributed by atoms with Crippen LogP contribution in [0.2, 0.25) is 0 Å². The summed E-state index contributed by atoms with van der Waals surface area (Å²) in [5, 5.41) is 21.3. The van der Waals surface area contributed by atoms with Gasteiger partial charge in [-0.1, -0.05) is 61.9 Å². The highest BCUT2D eigenvalue weighted by Crippen LogP contribution is 2.55. The van der Waals surface area contributed by atoms with Crippen LogP contribution in [0.1, 0.15) is 73.4 Å². The quantitative estimate of drug-likeness (QED) is 0.157. The molecule has 0 radical (unpaired) electrons. The van der Waals surface area contributed by atoms with Crippen molar-refractivity contribution in [3.05, 3.63) is 89.3 Å². The van der Waals surface area contributed by atoms with E-state index >= 15 is 0 Å². The summed E-state index contributed by atoms with van der Waals surface area (Å²) in [5.74, 6) is 2.64. The van der Waals surface area contributed by atoms with Gasteiger partial charge in [0.05, 0.1) is 12.7 Å². The fourth-order valence-corrected chi connectivity index (χ4v) is 6.83. The highest BCUT2D eigenvalue weighted by Gasteiger charge is 2.46. The largest absolute Gasteiger partial charge is 0.487 e. The molecule has 0 amide bonds. The van der Waals surface area contributed by atoms with Gasteiger partial charge in [-0.15, -0.1) is 16.8 Å². The summed E-state index contributed by atoms with van der Waals surface area (Å²) in [6.07, 6.45) is 12.1. The van der Waals surface area contributed by atoms with Crippen molar-refractivity contribution < 1.29 is 9.94 Å². The number of aryl methyl sites for hydroxylation is 1. The van der Waals surface area contributed by atoms with E-state index in [2.05, 4.69) is 78.4 Å². The standard InChI is InChI=1S/C31H38N4O2/c1-4-6-22-7-9-23(10-8-22)18-35-19-25(33-34-35)20-37-26-12-14-27-24(17-26)11-13-29-28(27)15-16-31(3,21-32-36)30(29)5-2/h4,7-10,12,14,17,19,21,28-30,36H,1,5-6,11,13,15-16,18,20H2,2-3H3/b32-21+/t28-,29-,30+,31-/m1/s1. The Morgan fingerprint density at radius 1 is 1.19 bits per heavy atom. The second-order valence-corrected chi connectivity index (χ2v) is 11.0. The minimum atomic E-state index is -0.0162. The zero-order chi connectivity index (χ0) is 25.8. The number of ether oxygens (including phenoxy) is 1. The first kappa shape index (κ1) is 25.2. The molecule has 0 aliphatic heterocycles. The number of fused-ring (bicyclic) bond motifs is 3. The molecule has 1 saturated carbocycles. The molecule has 1 heterocycles. The third-order valence-corrected chi connectivity index (χ3v) is 8.65. The Bertz CT molecular complexity index is 1250. The molecule has 5 rings (SSSR count). The SMILES string of the molecule is C=CCc1ccc(Cn2cc(COc3ccc4c(c3)CC[C@@H]3[C@@H]4CC[C@](C)(/C=N/O)[C@H]3CC)nn2)cc1. The molecule has 4 atom stereocenters. The molecule has 0 bridgehead atoms. The van der Waals surface area contributed by atoms with E-state index in [0.717, 1.165) is 43.5 Å². The molecule has 37 heavy (non-hydrogen) atoms. The second kappa shape index (κ2) is 10.9. The summed E-state index contributed by atoms with van der Waals surface area (Å²) >= 11 is 0. The van der Waals surface area contributed by atoms with Gasteiger partial charge in [-0.05, 0) is 84.2 Å². The summed E-state index contributed by atoms with van der Waals surface area (Å²) in [4.78, 5) is 0. The topological polar surface area (TPSA) is 72.5 Å². The molecule has 194 valence electrons. The van der Waals surface area contributed by atoms with Gasteiger partial charge >= 0.3 is 0 Å². The molecule has 2 aromatic carbocycles. The van der Waals surface area contributed by atoms with Gasteiger partial charge in [0.2, 0.25) is 0 Å². The average molecular weight is 499 g/mol. The number of benzene rings is 2. The summed E-state index contributed by atoms with van der Waals surface area (Å²) in [7, 11) is 0. The number of hydrogen-bond acceptors (Lipinski definition) is 5. The highest BCUT2D eigenvalue weighted by molar-refractivity contribution is 5.65. The van der Waals surface area contributed by atoms with E-state index in [1.807, 2.05) is 17.0 Å². The zero-order valence-electron chi connectivity index (χ0n) is 22.0. The normalized spacial score (nSPS) is 25.0. The fraction of sp³-hybridized carbons (Fsp3) is 0.452. The predicted molar refractivity (Wildman–Crippen MR) is 146 cm³/mol. The second-order valence-electron chi connectivity index (χ2n) is 11.0. The molecular weight excluding hydrogens is 460 g/mol. The van der Waals surface area contributed by atoms with Crippen molar-refractivity contribution in [3.63, 3.8) is 0 Å². The van der Waals surface area contributed by atoms with Crippen molar-refractivity contribution in [2.24, 2.45) is 22.4 Å². The number of hydrogen-bond donors (Lipinski definition) is 1. The minimum Gasteiger partial charge on any atom is -0.487 e. The van der Waals surface area contributed by atoms with Crippen LogP contribution in [0.15, 0.2) is 66.5 Å². The molecule has 1 aromatic heterocycles. The zero-order valence-corrected chi connectivity index (χ0v) is 22.0. The smallest absolute Gasteiger partial charge is 0.134 e. The van der Waals surface area contributed by atoms with Crippen LogP contribution in [0, 0.1) is 17.3 Å². The maximum absolute atomic E-state index is 9.25. The third kappa shape index (κ3) is 5.34. The monoisotopic (exact) mass is 498 g/mol. The Kier molecular flexibility index (Phi) is 7.45. The Hall–Kier alpha value is -3.41. The number of nitrogens with zero attached hydrogens (tertiary/aromatic N) is 4. The average Bonchev–Trinajstić information content (AvgIpc) is 3.35. The van der Waals surface area contributed by atoms with Gasteiger partial charge in [-0.2, -0.15) is 0 Å². The molecule has 2 aliphatic rings. The molecule has 1 fully saturated rings. The molecule has 2 aliphatic carbocycles. The molecule has 0 saturated heterocycles. The van der Waals surface area contributed by atoms with E-state index < -0.39 is 0 Å². The lowest BCUT2D eigenvalue weighted by atomic mass is 9.54. The number of oxime groups is 1. The summed E-state index contributed by atoms with van der Waals surface area (Å²) < 4.78 is 8.00. The minimum absolute atomic E-state index is 0.0162. The molecule has 0 unspecified atom stereocenters. The lowest BCUT2D eigenvalue weighted by Crippen LogP contribution is -2.43. The Morgan fingerprint density at radius 2 is 2.00 bits per heavy atom. The fourth-order valence-electron chi connectivity index (χ4n) is 6.83. The van der Waals surface area contributed by atoms with Crippen molar-refractivity contribution in [3.8, 4) is 5.75 Å². The number of allylic oxidation sites excluding steroid dienone is 1.